The van der Waals surface area contributed by atoms with Gasteiger partial charge in [0.2, 0.25) is 0 Å². The Kier molecular flexibility index (Phi) is 5.61. The summed E-state index contributed by atoms with van der Waals surface area (Å²) in [6.45, 7) is 11.2. The van der Waals surface area contributed by atoms with Crippen molar-refractivity contribution in [3.63, 3.8) is 0 Å². The summed E-state index contributed by atoms with van der Waals surface area (Å²) in [6, 6.07) is 0. The lowest BCUT2D eigenvalue weighted by Crippen LogP contribution is -2.18. The summed E-state index contributed by atoms with van der Waals surface area (Å²) in [5.74, 6) is 0.979. The molecule has 12 heavy (non-hydrogen) atoms. The van der Waals surface area contributed by atoms with Crippen LogP contribution in [0.1, 0.15) is 66.7 Å². The van der Waals surface area contributed by atoms with Crippen LogP contribution < -0.4 is 0 Å². The molecule has 2 atom stereocenters. The van der Waals surface area contributed by atoms with Crippen LogP contribution in [0.2, 0.25) is 0 Å². The van der Waals surface area contributed by atoms with Crippen LogP contribution in [0.15, 0.2) is 0 Å². The highest BCUT2D eigenvalue weighted by Crippen LogP contribution is 2.45. The van der Waals surface area contributed by atoms with Crippen molar-refractivity contribution in [3.8, 4) is 0 Å². The third-order valence-electron chi connectivity index (χ3n) is 3.40. The van der Waals surface area contributed by atoms with Crippen LogP contribution >= 0.6 is 0 Å². The summed E-state index contributed by atoms with van der Waals surface area (Å²) >= 11 is 0. The summed E-state index contributed by atoms with van der Waals surface area (Å²) in [7, 11) is 0. The molecule has 0 bridgehead atoms. The van der Waals surface area contributed by atoms with Crippen LogP contribution in [0.25, 0.3) is 0 Å². The SMILES string of the molecule is CC.CCCC1(C)CCCC1C. The maximum Gasteiger partial charge on any atom is -0.0300 e. The van der Waals surface area contributed by atoms with E-state index in [-0.39, 0.29) is 0 Å². The van der Waals surface area contributed by atoms with Crippen molar-refractivity contribution in [2.75, 3.05) is 0 Å². The lowest BCUT2D eigenvalue weighted by atomic mass is 9.77. The van der Waals surface area contributed by atoms with Gasteiger partial charge in [-0.05, 0) is 24.2 Å². The van der Waals surface area contributed by atoms with E-state index in [9.17, 15) is 0 Å². The third kappa shape index (κ3) is 2.80. The second kappa shape index (κ2) is 5.61. The Labute approximate surface area is 78.8 Å². The molecule has 0 spiro atoms. The van der Waals surface area contributed by atoms with Gasteiger partial charge in [0.05, 0.1) is 0 Å². The van der Waals surface area contributed by atoms with E-state index < -0.39 is 0 Å². The molecule has 74 valence electrons. The van der Waals surface area contributed by atoms with Crippen LogP contribution in [0.4, 0.5) is 0 Å². The maximum atomic E-state index is 2.47. The summed E-state index contributed by atoms with van der Waals surface area (Å²) in [4.78, 5) is 0. The average molecular weight is 170 g/mol. The summed E-state index contributed by atoms with van der Waals surface area (Å²) in [5, 5.41) is 0. The fraction of sp³-hybridized carbons (Fsp3) is 1.00. The van der Waals surface area contributed by atoms with E-state index in [1.54, 1.807) is 0 Å². The molecule has 0 heterocycles. The largest absolute Gasteiger partial charge is 0.0683 e. The fourth-order valence-electron chi connectivity index (χ4n) is 2.35. The minimum atomic E-state index is 0.703. The van der Waals surface area contributed by atoms with Crippen LogP contribution in [0, 0.1) is 11.3 Å². The van der Waals surface area contributed by atoms with Gasteiger partial charge in [-0.3, -0.25) is 0 Å². The molecule has 1 saturated carbocycles. The highest BCUT2D eigenvalue weighted by Gasteiger charge is 2.34. The summed E-state index contributed by atoms with van der Waals surface area (Å²) in [5.41, 5.74) is 0.703. The average Bonchev–Trinajstić information content (AvgIpc) is 2.37. The van der Waals surface area contributed by atoms with Crippen molar-refractivity contribution < 1.29 is 0 Å². The molecular formula is C12H26. The number of hydrogen-bond acceptors (Lipinski definition) is 0. The number of hydrogen-bond donors (Lipinski definition) is 0. The van der Waals surface area contributed by atoms with Crippen LogP contribution in [-0.4, -0.2) is 0 Å². The van der Waals surface area contributed by atoms with E-state index in [0.717, 1.165) is 5.92 Å². The molecule has 0 radical (unpaired) electrons. The molecule has 1 rings (SSSR count). The monoisotopic (exact) mass is 170 g/mol. The minimum absolute atomic E-state index is 0.703. The standard InChI is InChI=1S/C10H20.C2H6/c1-4-7-10(3)8-5-6-9(10)2;1-2/h9H,4-8H2,1-3H3;1-2H3. The normalized spacial score (nSPS) is 34.2. The van der Waals surface area contributed by atoms with Gasteiger partial charge in [-0.1, -0.05) is 53.9 Å². The van der Waals surface area contributed by atoms with Crippen LogP contribution in [-0.2, 0) is 0 Å². The molecule has 1 fully saturated rings. The van der Waals surface area contributed by atoms with Gasteiger partial charge < -0.3 is 0 Å². The predicted molar refractivity (Wildman–Crippen MR) is 57.4 cm³/mol. The van der Waals surface area contributed by atoms with Gasteiger partial charge in [0.25, 0.3) is 0 Å². The molecule has 0 amide bonds. The first-order valence-electron chi connectivity index (χ1n) is 5.69. The highest BCUT2D eigenvalue weighted by molar-refractivity contribution is 4.85. The molecule has 2 unspecified atom stereocenters. The van der Waals surface area contributed by atoms with Gasteiger partial charge in [0.15, 0.2) is 0 Å². The third-order valence-corrected chi connectivity index (χ3v) is 3.40. The number of rotatable bonds is 2. The second-order valence-electron chi connectivity index (χ2n) is 4.20. The first-order valence-corrected chi connectivity index (χ1v) is 5.69. The molecule has 1 aliphatic rings. The molecular weight excluding hydrogens is 144 g/mol. The van der Waals surface area contributed by atoms with E-state index >= 15 is 0 Å². The lowest BCUT2D eigenvalue weighted by molar-refractivity contribution is 0.223. The molecule has 0 aromatic heterocycles. The molecule has 0 saturated heterocycles. The van der Waals surface area contributed by atoms with Gasteiger partial charge >= 0.3 is 0 Å². The zero-order valence-electron chi connectivity index (χ0n) is 9.61. The van der Waals surface area contributed by atoms with E-state index in [4.69, 9.17) is 0 Å². The van der Waals surface area contributed by atoms with E-state index in [1.807, 2.05) is 13.8 Å². The van der Waals surface area contributed by atoms with Crippen molar-refractivity contribution in [2.45, 2.75) is 66.7 Å². The van der Waals surface area contributed by atoms with Gasteiger partial charge in [0, 0.05) is 0 Å². The Balaban J connectivity index is 0.000000561. The summed E-state index contributed by atoms with van der Waals surface area (Å²) < 4.78 is 0. The first kappa shape index (κ1) is 12.0. The van der Waals surface area contributed by atoms with E-state index in [2.05, 4.69) is 20.8 Å². The highest BCUT2D eigenvalue weighted by atomic mass is 14.4. The van der Waals surface area contributed by atoms with Crippen molar-refractivity contribution in [2.24, 2.45) is 11.3 Å². The Hall–Kier alpha value is 0. The smallest absolute Gasteiger partial charge is 0.0300 e. The Morgan fingerprint density at radius 2 is 1.92 bits per heavy atom. The van der Waals surface area contributed by atoms with E-state index in [1.165, 1.54) is 32.1 Å². The Morgan fingerprint density at radius 1 is 1.33 bits per heavy atom. The first-order chi connectivity index (χ1) is 5.69. The fourth-order valence-corrected chi connectivity index (χ4v) is 2.35. The zero-order chi connectivity index (χ0) is 9.61. The topological polar surface area (TPSA) is 0 Å². The molecule has 0 nitrogen and oxygen atoms in total. The van der Waals surface area contributed by atoms with Gasteiger partial charge in [0.1, 0.15) is 0 Å². The van der Waals surface area contributed by atoms with Crippen molar-refractivity contribution in [3.05, 3.63) is 0 Å². The molecule has 0 aliphatic heterocycles. The van der Waals surface area contributed by atoms with Crippen molar-refractivity contribution in [1.82, 2.24) is 0 Å². The maximum absolute atomic E-state index is 2.47. The van der Waals surface area contributed by atoms with Crippen LogP contribution in [0.5, 0.6) is 0 Å². The molecule has 0 heteroatoms. The van der Waals surface area contributed by atoms with Crippen molar-refractivity contribution in [1.29, 1.82) is 0 Å². The van der Waals surface area contributed by atoms with E-state index in [0.29, 0.717) is 5.41 Å². The lowest BCUT2D eigenvalue weighted by Gasteiger charge is -2.28. The summed E-state index contributed by atoms with van der Waals surface area (Å²) in [6.07, 6.45) is 7.21. The molecule has 0 aromatic rings. The van der Waals surface area contributed by atoms with Gasteiger partial charge in [-0.2, -0.15) is 0 Å². The predicted octanol–water partition coefficient (Wildman–Crippen LogP) is 4.64. The van der Waals surface area contributed by atoms with Gasteiger partial charge in [-0.25, -0.2) is 0 Å². The second-order valence-corrected chi connectivity index (χ2v) is 4.20. The van der Waals surface area contributed by atoms with Gasteiger partial charge in [-0.15, -0.1) is 0 Å². The molecule has 0 aromatic carbocycles. The molecule has 1 aliphatic carbocycles. The Bertz CT molecular complexity index is 107. The molecule has 0 N–H and O–H groups in total. The van der Waals surface area contributed by atoms with Crippen molar-refractivity contribution >= 4 is 0 Å². The quantitative estimate of drug-likeness (QED) is 0.566. The zero-order valence-corrected chi connectivity index (χ0v) is 9.61. The van der Waals surface area contributed by atoms with Crippen LogP contribution in [0.3, 0.4) is 0 Å². The Morgan fingerprint density at radius 3 is 2.25 bits per heavy atom. The minimum Gasteiger partial charge on any atom is -0.0683 e.